The highest BCUT2D eigenvalue weighted by Gasteiger charge is 2.02. The minimum Gasteiger partial charge on any atom is -0.493 e. The maximum Gasteiger partial charge on any atom is 0.223 e. The van der Waals surface area contributed by atoms with Crippen molar-refractivity contribution in [1.29, 1.82) is 0 Å². The molecule has 2 aromatic carbocycles. The first-order valence-electron chi connectivity index (χ1n) is 6.53. The van der Waals surface area contributed by atoms with E-state index in [4.69, 9.17) is 10.5 Å². The van der Waals surface area contributed by atoms with E-state index >= 15 is 0 Å². The van der Waals surface area contributed by atoms with Gasteiger partial charge in [0.2, 0.25) is 5.91 Å². The van der Waals surface area contributed by atoms with Crippen LogP contribution in [0, 0.1) is 0 Å². The molecule has 0 spiro atoms. The summed E-state index contributed by atoms with van der Waals surface area (Å²) in [5.74, 6) is 0.694. The Morgan fingerprint density at radius 3 is 2.45 bits per heavy atom. The van der Waals surface area contributed by atoms with Gasteiger partial charge < -0.3 is 15.8 Å². The standard InChI is InChI=1S/C16H18N2O2/c17-14-6-8-15(9-7-14)20-11-10-16(19)18-12-13-4-2-1-3-5-13/h1-9H,10-12,17H2,(H,18,19). The molecule has 4 nitrogen and oxygen atoms in total. The number of hydrogen-bond acceptors (Lipinski definition) is 3. The molecule has 1 amide bonds. The minimum atomic E-state index is -0.0238. The molecule has 0 fully saturated rings. The van der Waals surface area contributed by atoms with E-state index < -0.39 is 0 Å². The quantitative estimate of drug-likeness (QED) is 0.792. The van der Waals surface area contributed by atoms with Gasteiger partial charge in [-0.1, -0.05) is 30.3 Å². The fourth-order valence-electron chi connectivity index (χ4n) is 1.71. The van der Waals surface area contributed by atoms with E-state index in [-0.39, 0.29) is 5.91 Å². The molecule has 0 radical (unpaired) electrons. The van der Waals surface area contributed by atoms with E-state index in [0.717, 1.165) is 11.3 Å². The fourth-order valence-corrected chi connectivity index (χ4v) is 1.71. The van der Waals surface area contributed by atoms with Crippen molar-refractivity contribution in [3.63, 3.8) is 0 Å². The van der Waals surface area contributed by atoms with Crippen molar-refractivity contribution < 1.29 is 9.53 Å². The van der Waals surface area contributed by atoms with Crippen molar-refractivity contribution in [2.75, 3.05) is 12.3 Å². The van der Waals surface area contributed by atoms with Crippen LogP contribution in [0.1, 0.15) is 12.0 Å². The zero-order valence-corrected chi connectivity index (χ0v) is 11.2. The van der Waals surface area contributed by atoms with Crippen LogP contribution in [0.25, 0.3) is 0 Å². The molecule has 0 aliphatic heterocycles. The smallest absolute Gasteiger partial charge is 0.223 e. The van der Waals surface area contributed by atoms with E-state index in [0.29, 0.717) is 25.3 Å². The Balaban J connectivity index is 1.66. The molecule has 104 valence electrons. The van der Waals surface area contributed by atoms with Crippen molar-refractivity contribution in [3.8, 4) is 5.75 Å². The van der Waals surface area contributed by atoms with Crippen LogP contribution in [0.3, 0.4) is 0 Å². The summed E-state index contributed by atoms with van der Waals surface area (Å²) in [6.45, 7) is 0.895. The predicted octanol–water partition coefficient (Wildman–Crippen LogP) is 2.35. The van der Waals surface area contributed by atoms with E-state index in [1.807, 2.05) is 30.3 Å². The first-order valence-corrected chi connectivity index (χ1v) is 6.53. The topological polar surface area (TPSA) is 64.3 Å². The number of amides is 1. The van der Waals surface area contributed by atoms with Crippen LogP contribution in [-0.2, 0) is 11.3 Å². The molecule has 0 aliphatic carbocycles. The molecule has 0 unspecified atom stereocenters. The number of carbonyl (C=O) groups excluding carboxylic acids is 1. The Morgan fingerprint density at radius 2 is 1.75 bits per heavy atom. The fraction of sp³-hybridized carbons (Fsp3) is 0.188. The van der Waals surface area contributed by atoms with Crippen molar-refractivity contribution in [1.82, 2.24) is 5.32 Å². The maximum atomic E-state index is 11.6. The molecule has 0 aromatic heterocycles. The van der Waals surface area contributed by atoms with E-state index in [9.17, 15) is 4.79 Å². The second kappa shape index (κ2) is 7.19. The number of hydrogen-bond donors (Lipinski definition) is 2. The number of nitrogens with two attached hydrogens (primary N) is 1. The summed E-state index contributed by atoms with van der Waals surface area (Å²) < 4.78 is 5.47. The lowest BCUT2D eigenvalue weighted by Crippen LogP contribution is -2.24. The molecule has 0 saturated carbocycles. The van der Waals surface area contributed by atoms with Crippen LogP contribution in [0.2, 0.25) is 0 Å². The lowest BCUT2D eigenvalue weighted by atomic mass is 10.2. The second-order valence-electron chi connectivity index (χ2n) is 4.43. The van der Waals surface area contributed by atoms with Gasteiger partial charge in [-0.2, -0.15) is 0 Å². The number of nitrogen functional groups attached to an aromatic ring is 1. The number of anilines is 1. The summed E-state index contributed by atoms with van der Waals surface area (Å²) in [5.41, 5.74) is 7.35. The summed E-state index contributed by atoms with van der Waals surface area (Å²) >= 11 is 0. The van der Waals surface area contributed by atoms with Crippen LogP contribution >= 0.6 is 0 Å². The number of rotatable bonds is 6. The predicted molar refractivity (Wildman–Crippen MR) is 79.3 cm³/mol. The largest absolute Gasteiger partial charge is 0.493 e. The molecule has 0 aliphatic rings. The van der Waals surface area contributed by atoms with Crippen LogP contribution in [-0.4, -0.2) is 12.5 Å². The molecule has 20 heavy (non-hydrogen) atoms. The lowest BCUT2D eigenvalue weighted by Gasteiger charge is -2.07. The minimum absolute atomic E-state index is 0.0238. The molecule has 4 heteroatoms. The van der Waals surface area contributed by atoms with Gasteiger partial charge in [-0.25, -0.2) is 0 Å². The average Bonchev–Trinajstić information content (AvgIpc) is 2.48. The third-order valence-corrected chi connectivity index (χ3v) is 2.81. The molecule has 0 heterocycles. The summed E-state index contributed by atoms with van der Waals surface area (Å²) in [7, 11) is 0. The van der Waals surface area contributed by atoms with Gasteiger partial charge in [0.15, 0.2) is 0 Å². The Labute approximate surface area is 118 Å². The summed E-state index contributed by atoms with van der Waals surface area (Å²) in [6.07, 6.45) is 0.331. The molecule has 2 rings (SSSR count). The van der Waals surface area contributed by atoms with E-state index in [2.05, 4.69) is 5.32 Å². The van der Waals surface area contributed by atoms with Gasteiger partial charge in [0.25, 0.3) is 0 Å². The van der Waals surface area contributed by atoms with Crippen molar-refractivity contribution in [2.24, 2.45) is 0 Å². The summed E-state index contributed by atoms with van der Waals surface area (Å²) in [5, 5.41) is 2.86. The normalized spacial score (nSPS) is 10.0. The highest BCUT2D eigenvalue weighted by atomic mass is 16.5. The third kappa shape index (κ3) is 4.65. The Kier molecular flexibility index (Phi) is 5.00. The van der Waals surface area contributed by atoms with Crippen LogP contribution < -0.4 is 15.8 Å². The molecule has 0 bridgehead atoms. The summed E-state index contributed by atoms with van der Waals surface area (Å²) in [6, 6.07) is 16.9. The second-order valence-corrected chi connectivity index (χ2v) is 4.43. The number of benzene rings is 2. The van der Waals surface area contributed by atoms with Gasteiger partial charge in [-0.15, -0.1) is 0 Å². The number of carbonyl (C=O) groups is 1. The highest BCUT2D eigenvalue weighted by Crippen LogP contribution is 2.13. The molecule has 2 aromatic rings. The first-order chi connectivity index (χ1) is 9.74. The van der Waals surface area contributed by atoms with Crippen molar-refractivity contribution in [3.05, 3.63) is 60.2 Å². The van der Waals surface area contributed by atoms with Crippen LogP contribution in [0.15, 0.2) is 54.6 Å². The number of nitrogens with one attached hydrogen (secondary N) is 1. The molecular weight excluding hydrogens is 252 g/mol. The lowest BCUT2D eigenvalue weighted by molar-refractivity contribution is -0.121. The van der Waals surface area contributed by atoms with Crippen LogP contribution in [0.5, 0.6) is 5.75 Å². The zero-order valence-electron chi connectivity index (χ0n) is 11.2. The Bertz CT molecular complexity index is 538. The molecule has 3 N–H and O–H groups in total. The van der Waals surface area contributed by atoms with Gasteiger partial charge in [-0.05, 0) is 29.8 Å². The van der Waals surface area contributed by atoms with Crippen molar-refractivity contribution >= 4 is 11.6 Å². The van der Waals surface area contributed by atoms with Crippen LogP contribution in [0.4, 0.5) is 5.69 Å². The van der Waals surface area contributed by atoms with Crippen molar-refractivity contribution in [2.45, 2.75) is 13.0 Å². The van der Waals surface area contributed by atoms with Gasteiger partial charge >= 0.3 is 0 Å². The maximum absolute atomic E-state index is 11.6. The Hall–Kier alpha value is -2.49. The van der Waals surface area contributed by atoms with E-state index in [1.165, 1.54) is 0 Å². The Morgan fingerprint density at radius 1 is 1.05 bits per heavy atom. The average molecular weight is 270 g/mol. The van der Waals surface area contributed by atoms with E-state index in [1.54, 1.807) is 24.3 Å². The molecule has 0 atom stereocenters. The van der Waals surface area contributed by atoms with Gasteiger partial charge in [0.05, 0.1) is 13.0 Å². The monoisotopic (exact) mass is 270 g/mol. The summed E-state index contributed by atoms with van der Waals surface area (Å²) in [4.78, 5) is 11.6. The number of ether oxygens (including phenoxy) is 1. The van der Waals surface area contributed by atoms with Gasteiger partial charge in [-0.3, -0.25) is 4.79 Å². The van der Waals surface area contributed by atoms with Gasteiger partial charge in [0, 0.05) is 12.2 Å². The SMILES string of the molecule is Nc1ccc(OCCC(=O)NCc2ccccc2)cc1. The highest BCUT2D eigenvalue weighted by molar-refractivity contribution is 5.75. The van der Waals surface area contributed by atoms with Gasteiger partial charge in [0.1, 0.15) is 5.75 Å². The zero-order chi connectivity index (χ0) is 14.2. The third-order valence-electron chi connectivity index (χ3n) is 2.81. The molecular formula is C16H18N2O2. The first kappa shape index (κ1) is 13.9. The molecule has 0 saturated heterocycles.